The molecule has 7 nitrogen and oxygen atoms in total. The zero-order chi connectivity index (χ0) is 16.2. The summed E-state index contributed by atoms with van der Waals surface area (Å²) in [7, 11) is 1.71. The summed E-state index contributed by atoms with van der Waals surface area (Å²) in [6.45, 7) is 4.21. The molecule has 1 unspecified atom stereocenters. The van der Waals surface area contributed by atoms with Gasteiger partial charge in [-0.05, 0) is 19.1 Å². The number of hydrogen-bond donors (Lipinski definition) is 2. The van der Waals surface area contributed by atoms with Gasteiger partial charge in [0.1, 0.15) is 11.3 Å². The molecule has 0 spiro atoms. The van der Waals surface area contributed by atoms with Crippen LogP contribution in [0.25, 0.3) is 11.0 Å². The number of rotatable bonds is 4. The van der Waals surface area contributed by atoms with Crippen LogP contribution in [-0.4, -0.2) is 23.1 Å². The Kier molecular flexibility index (Phi) is 4.27. The number of hydrogen-bond acceptors (Lipinski definition) is 5. The number of guanidine groups is 1. The van der Waals surface area contributed by atoms with Crippen LogP contribution in [0.2, 0.25) is 0 Å². The number of aryl methyl sites for hydroxylation is 1. The second kappa shape index (κ2) is 6.51. The molecule has 1 aromatic carbocycles. The molecule has 0 saturated heterocycles. The van der Waals surface area contributed by atoms with Crippen LogP contribution in [0.1, 0.15) is 30.4 Å². The molecule has 7 heteroatoms. The Morgan fingerprint density at radius 1 is 1.35 bits per heavy atom. The number of nitrogens with one attached hydrogen (secondary N) is 2. The Bertz CT molecular complexity index is 788. The first-order valence-corrected chi connectivity index (χ1v) is 7.40. The monoisotopic (exact) mass is 313 g/mol. The van der Waals surface area contributed by atoms with Gasteiger partial charge in [-0.3, -0.25) is 4.99 Å². The summed E-state index contributed by atoms with van der Waals surface area (Å²) in [4.78, 5) is 8.34. The van der Waals surface area contributed by atoms with Gasteiger partial charge in [0.15, 0.2) is 11.8 Å². The van der Waals surface area contributed by atoms with Crippen LogP contribution in [0.15, 0.2) is 44.3 Å². The second-order valence-electron chi connectivity index (χ2n) is 5.21. The van der Waals surface area contributed by atoms with Gasteiger partial charge in [-0.15, -0.1) is 0 Å². The highest BCUT2D eigenvalue weighted by molar-refractivity contribution is 5.81. The van der Waals surface area contributed by atoms with Gasteiger partial charge >= 0.3 is 0 Å². The van der Waals surface area contributed by atoms with Crippen LogP contribution < -0.4 is 10.6 Å². The van der Waals surface area contributed by atoms with Crippen molar-refractivity contribution in [2.75, 3.05) is 7.05 Å². The number of fused-ring (bicyclic) bond motifs is 1. The lowest BCUT2D eigenvalue weighted by Crippen LogP contribution is -2.38. The van der Waals surface area contributed by atoms with E-state index in [-0.39, 0.29) is 6.04 Å². The fourth-order valence-corrected chi connectivity index (χ4v) is 2.26. The molecule has 0 radical (unpaired) electrons. The molecule has 3 aromatic rings. The standard InChI is InChI=1S/C16H19N5O2/c1-10(14-8-12-6-4-5-7-13(12)22-14)19-16(17-3)18-9-15-20-11(2)23-21-15/h4-8,10H,9H2,1-3H3,(H2,17,18,19). The average molecular weight is 313 g/mol. The third kappa shape index (κ3) is 3.50. The van der Waals surface area contributed by atoms with Gasteiger partial charge < -0.3 is 19.6 Å². The van der Waals surface area contributed by atoms with E-state index in [1.165, 1.54) is 0 Å². The molecule has 0 amide bonds. The van der Waals surface area contributed by atoms with Crippen molar-refractivity contribution in [2.24, 2.45) is 4.99 Å². The fourth-order valence-electron chi connectivity index (χ4n) is 2.26. The maximum absolute atomic E-state index is 5.86. The quantitative estimate of drug-likeness (QED) is 0.568. The molecular formula is C16H19N5O2. The lowest BCUT2D eigenvalue weighted by atomic mass is 10.2. The largest absolute Gasteiger partial charge is 0.459 e. The van der Waals surface area contributed by atoms with Gasteiger partial charge in [-0.2, -0.15) is 4.98 Å². The highest BCUT2D eigenvalue weighted by atomic mass is 16.5. The number of nitrogens with zero attached hydrogens (tertiary/aromatic N) is 3. The minimum Gasteiger partial charge on any atom is -0.459 e. The summed E-state index contributed by atoms with van der Waals surface area (Å²) < 4.78 is 10.8. The van der Waals surface area contributed by atoms with E-state index >= 15 is 0 Å². The van der Waals surface area contributed by atoms with Crippen molar-refractivity contribution in [3.05, 3.63) is 47.8 Å². The average Bonchev–Trinajstić information content (AvgIpc) is 3.17. The summed E-state index contributed by atoms with van der Waals surface area (Å²) in [6, 6.07) is 9.94. The molecule has 0 aliphatic carbocycles. The Hall–Kier alpha value is -2.83. The van der Waals surface area contributed by atoms with Crippen LogP contribution in [0, 0.1) is 6.92 Å². The number of benzene rings is 1. The first-order chi connectivity index (χ1) is 11.2. The maximum atomic E-state index is 5.86. The van der Waals surface area contributed by atoms with E-state index in [9.17, 15) is 0 Å². The van der Waals surface area contributed by atoms with Gasteiger partial charge in [0.2, 0.25) is 5.89 Å². The maximum Gasteiger partial charge on any atom is 0.223 e. The van der Waals surface area contributed by atoms with Gasteiger partial charge in [-0.25, -0.2) is 0 Å². The van der Waals surface area contributed by atoms with Crippen LogP contribution in [0.5, 0.6) is 0 Å². The number of aliphatic imine (C=N–C) groups is 1. The topological polar surface area (TPSA) is 88.5 Å². The van der Waals surface area contributed by atoms with E-state index in [4.69, 9.17) is 8.94 Å². The Labute approximate surface area is 133 Å². The minimum atomic E-state index is -0.0272. The predicted molar refractivity (Wildman–Crippen MR) is 87.0 cm³/mol. The second-order valence-corrected chi connectivity index (χ2v) is 5.21. The zero-order valence-electron chi connectivity index (χ0n) is 13.3. The van der Waals surface area contributed by atoms with Crippen molar-refractivity contribution < 1.29 is 8.94 Å². The van der Waals surface area contributed by atoms with E-state index in [0.717, 1.165) is 16.7 Å². The molecule has 2 heterocycles. The normalized spacial score (nSPS) is 13.3. The summed E-state index contributed by atoms with van der Waals surface area (Å²) in [5, 5.41) is 11.3. The first kappa shape index (κ1) is 15.1. The van der Waals surface area contributed by atoms with E-state index in [0.29, 0.717) is 24.2 Å². The smallest absolute Gasteiger partial charge is 0.223 e. The number of aromatic nitrogens is 2. The van der Waals surface area contributed by atoms with Crippen LogP contribution in [-0.2, 0) is 6.54 Å². The van der Waals surface area contributed by atoms with Crippen molar-refractivity contribution in [3.63, 3.8) is 0 Å². The Morgan fingerprint density at radius 3 is 2.87 bits per heavy atom. The molecule has 0 fully saturated rings. The van der Waals surface area contributed by atoms with Gasteiger partial charge in [0.25, 0.3) is 0 Å². The molecule has 2 aromatic heterocycles. The zero-order valence-corrected chi connectivity index (χ0v) is 13.3. The van der Waals surface area contributed by atoms with E-state index < -0.39 is 0 Å². The SMILES string of the molecule is CN=C(NCc1noc(C)n1)NC(C)c1cc2ccccc2o1. The van der Waals surface area contributed by atoms with Crippen molar-refractivity contribution in [3.8, 4) is 0 Å². The summed E-state index contributed by atoms with van der Waals surface area (Å²) in [5.74, 6) is 2.62. The lowest BCUT2D eigenvalue weighted by molar-refractivity contribution is 0.386. The first-order valence-electron chi connectivity index (χ1n) is 7.40. The molecular weight excluding hydrogens is 294 g/mol. The van der Waals surface area contributed by atoms with E-state index in [2.05, 4.69) is 25.8 Å². The van der Waals surface area contributed by atoms with Crippen LogP contribution >= 0.6 is 0 Å². The summed E-state index contributed by atoms with van der Waals surface area (Å²) in [6.07, 6.45) is 0. The predicted octanol–water partition coefficient (Wildman–Crippen LogP) is 2.55. The highest BCUT2D eigenvalue weighted by Gasteiger charge is 2.13. The number of para-hydroxylation sites is 1. The number of furan rings is 1. The van der Waals surface area contributed by atoms with Crippen molar-refractivity contribution >= 4 is 16.9 Å². The van der Waals surface area contributed by atoms with E-state index in [1.807, 2.05) is 37.3 Å². The summed E-state index contributed by atoms with van der Waals surface area (Å²) in [5.41, 5.74) is 0.876. The molecule has 1 atom stereocenters. The van der Waals surface area contributed by atoms with Gasteiger partial charge in [0.05, 0.1) is 12.6 Å². The molecule has 0 aliphatic rings. The van der Waals surface area contributed by atoms with Gasteiger partial charge in [-0.1, -0.05) is 23.4 Å². The van der Waals surface area contributed by atoms with Crippen LogP contribution in [0.4, 0.5) is 0 Å². The molecule has 0 aliphatic heterocycles. The van der Waals surface area contributed by atoms with E-state index in [1.54, 1.807) is 14.0 Å². The third-order valence-electron chi connectivity index (χ3n) is 3.43. The minimum absolute atomic E-state index is 0.0272. The van der Waals surface area contributed by atoms with Crippen molar-refractivity contribution in [1.29, 1.82) is 0 Å². The highest BCUT2D eigenvalue weighted by Crippen LogP contribution is 2.23. The molecule has 3 rings (SSSR count). The Balaban J connectivity index is 1.63. The molecule has 120 valence electrons. The third-order valence-corrected chi connectivity index (χ3v) is 3.43. The fraction of sp³-hybridized carbons (Fsp3) is 0.312. The molecule has 0 bridgehead atoms. The van der Waals surface area contributed by atoms with Crippen LogP contribution in [0.3, 0.4) is 0 Å². The molecule has 2 N–H and O–H groups in total. The Morgan fingerprint density at radius 2 is 2.17 bits per heavy atom. The summed E-state index contributed by atoms with van der Waals surface area (Å²) >= 11 is 0. The van der Waals surface area contributed by atoms with Crippen molar-refractivity contribution in [1.82, 2.24) is 20.8 Å². The molecule has 23 heavy (non-hydrogen) atoms. The van der Waals surface area contributed by atoms with Gasteiger partial charge in [0, 0.05) is 19.4 Å². The lowest BCUT2D eigenvalue weighted by Gasteiger charge is -2.15. The van der Waals surface area contributed by atoms with Crippen molar-refractivity contribution in [2.45, 2.75) is 26.4 Å². The molecule has 0 saturated carbocycles.